The molecule has 1 aliphatic heterocycles. The zero-order valence-electron chi connectivity index (χ0n) is 13.2. The highest BCUT2D eigenvalue weighted by Crippen LogP contribution is 2.24. The number of rotatable bonds is 3. The standard InChI is InChI=1S/C18H13ClN2O3S/c1-24-14-8-6-13(7-9-14)21-17(23)15(16(22)20-18(21)25)10-11-2-4-12(19)5-3-11/h2-10H,1H3,(H,20,22,25). The number of benzene rings is 2. The fraction of sp³-hybridized carbons (Fsp3) is 0.0556. The Bertz CT molecular complexity index is 876. The lowest BCUT2D eigenvalue weighted by Gasteiger charge is -2.29. The highest BCUT2D eigenvalue weighted by Gasteiger charge is 2.34. The summed E-state index contributed by atoms with van der Waals surface area (Å²) in [5.41, 5.74) is 1.22. The van der Waals surface area contributed by atoms with Gasteiger partial charge in [0.1, 0.15) is 11.3 Å². The molecule has 1 heterocycles. The number of anilines is 1. The number of carbonyl (C=O) groups is 2. The minimum absolute atomic E-state index is 0.00765. The second kappa shape index (κ2) is 7.04. The number of thiocarbonyl (C=S) groups is 1. The van der Waals surface area contributed by atoms with Crippen LogP contribution in [-0.2, 0) is 9.59 Å². The summed E-state index contributed by atoms with van der Waals surface area (Å²) in [5.74, 6) is -0.372. The van der Waals surface area contributed by atoms with Gasteiger partial charge in [-0.05, 0) is 60.3 Å². The molecule has 0 bridgehead atoms. The van der Waals surface area contributed by atoms with E-state index in [1.54, 1.807) is 55.6 Å². The van der Waals surface area contributed by atoms with Gasteiger partial charge in [-0.25, -0.2) is 0 Å². The maximum Gasteiger partial charge on any atom is 0.270 e. The van der Waals surface area contributed by atoms with E-state index in [0.29, 0.717) is 22.0 Å². The number of halogens is 1. The lowest BCUT2D eigenvalue weighted by molar-refractivity contribution is -0.122. The van der Waals surface area contributed by atoms with Gasteiger partial charge in [-0.2, -0.15) is 0 Å². The molecule has 0 unspecified atom stereocenters. The van der Waals surface area contributed by atoms with Crippen LogP contribution in [0.5, 0.6) is 5.75 Å². The van der Waals surface area contributed by atoms with Crippen LogP contribution in [0.25, 0.3) is 6.08 Å². The molecule has 7 heteroatoms. The van der Waals surface area contributed by atoms with Crippen molar-refractivity contribution >= 4 is 52.5 Å². The zero-order chi connectivity index (χ0) is 18.0. The first-order chi connectivity index (χ1) is 12.0. The molecule has 1 N–H and O–H groups in total. The highest BCUT2D eigenvalue weighted by molar-refractivity contribution is 7.80. The minimum Gasteiger partial charge on any atom is -0.497 e. The maximum absolute atomic E-state index is 12.8. The Hall–Kier alpha value is -2.70. The number of carbonyl (C=O) groups excluding carboxylic acids is 2. The van der Waals surface area contributed by atoms with Gasteiger partial charge < -0.3 is 4.74 Å². The fourth-order valence-electron chi connectivity index (χ4n) is 2.35. The van der Waals surface area contributed by atoms with Crippen molar-refractivity contribution < 1.29 is 14.3 Å². The molecular weight excluding hydrogens is 360 g/mol. The molecular formula is C18H13ClN2O3S. The van der Waals surface area contributed by atoms with Crippen molar-refractivity contribution in [2.45, 2.75) is 0 Å². The van der Waals surface area contributed by atoms with Crippen LogP contribution in [-0.4, -0.2) is 24.0 Å². The second-order valence-corrected chi connectivity index (χ2v) is 6.03. The third-order valence-electron chi connectivity index (χ3n) is 3.61. The molecule has 5 nitrogen and oxygen atoms in total. The van der Waals surface area contributed by atoms with Crippen molar-refractivity contribution in [1.82, 2.24) is 5.32 Å². The van der Waals surface area contributed by atoms with E-state index in [4.69, 9.17) is 28.6 Å². The summed E-state index contributed by atoms with van der Waals surface area (Å²) in [6, 6.07) is 13.6. The zero-order valence-corrected chi connectivity index (χ0v) is 14.7. The molecule has 1 saturated heterocycles. The van der Waals surface area contributed by atoms with Crippen LogP contribution in [0.4, 0.5) is 5.69 Å². The number of ether oxygens (including phenoxy) is 1. The highest BCUT2D eigenvalue weighted by atomic mass is 35.5. The van der Waals surface area contributed by atoms with E-state index in [0.717, 1.165) is 0 Å². The quantitative estimate of drug-likeness (QED) is 0.510. The number of nitrogens with one attached hydrogen (secondary N) is 1. The number of nitrogens with zero attached hydrogens (tertiary/aromatic N) is 1. The van der Waals surface area contributed by atoms with Crippen LogP contribution >= 0.6 is 23.8 Å². The summed E-state index contributed by atoms with van der Waals surface area (Å²) in [4.78, 5) is 26.3. The molecule has 2 aromatic rings. The summed E-state index contributed by atoms with van der Waals surface area (Å²) in [5, 5.41) is 3.15. The Balaban J connectivity index is 1.97. The summed E-state index contributed by atoms with van der Waals surface area (Å²) >= 11 is 11.0. The predicted octanol–water partition coefficient (Wildman–Crippen LogP) is 3.18. The van der Waals surface area contributed by atoms with E-state index in [1.807, 2.05) is 0 Å². The van der Waals surface area contributed by atoms with E-state index in [-0.39, 0.29) is 10.7 Å². The van der Waals surface area contributed by atoms with Crippen molar-refractivity contribution in [3.63, 3.8) is 0 Å². The Morgan fingerprint density at radius 2 is 1.72 bits per heavy atom. The van der Waals surface area contributed by atoms with Gasteiger partial charge >= 0.3 is 0 Å². The van der Waals surface area contributed by atoms with Crippen LogP contribution in [0.15, 0.2) is 54.1 Å². The molecule has 1 fully saturated rings. The first-order valence-corrected chi connectivity index (χ1v) is 8.09. The van der Waals surface area contributed by atoms with Crippen molar-refractivity contribution in [2.24, 2.45) is 0 Å². The minimum atomic E-state index is -0.533. The molecule has 0 spiro atoms. The second-order valence-electron chi connectivity index (χ2n) is 5.21. The summed E-state index contributed by atoms with van der Waals surface area (Å²) < 4.78 is 5.11. The SMILES string of the molecule is COc1ccc(N2C(=O)C(=Cc3ccc(Cl)cc3)C(=O)NC2=S)cc1. The molecule has 3 rings (SSSR count). The van der Waals surface area contributed by atoms with Crippen LogP contribution in [0, 0.1) is 0 Å². The Kier molecular flexibility index (Phi) is 4.83. The van der Waals surface area contributed by atoms with Gasteiger partial charge in [0.05, 0.1) is 12.8 Å². The summed E-state index contributed by atoms with van der Waals surface area (Å²) in [6.45, 7) is 0. The average molecular weight is 373 g/mol. The topological polar surface area (TPSA) is 58.6 Å². The van der Waals surface area contributed by atoms with Crippen molar-refractivity contribution in [2.75, 3.05) is 12.0 Å². The molecule has 2 amide bonds. The largest absolute Gasteiger partial charge is 0.497 e. The molecule has 126 valence electrons. The molecule has 0 aliphatic carbocycles. The van der Waals surface area contributed by atoms with Gasteiger partial charge in [0.25, 0.3) is 11.8 Å². The summed E-state index contributed by atoms with van der Waals surface area (Å²) in [7, 11) is 1.55. The fourth-order valence-corrected chi connectivity index (χ4v) is 2.76. The molecule has 0 radical (unpaired) electrons. The van der Waals surface area contributed by atoms with Gasteiger partial charge in [0.15, 0.2) is 5.11 Å². The van der Waals surface area contributed by atoms with E-state index in [9.17, 15) is 9.59 Å². The molecule has 0 aromatic heterocycles. The predicted molar refractivity (Wildman–Crippen MR) is 101 cm³/mol. The molecule has 1 aliphatic rings. The Labute approximate surface area is 154 Å². The molecule has 25 heavy (non-hydrogen) atoms. The molecule has 2 aromatic carbocycles. The van der Waals surface area contributed by atoms with Crippen LogP contribution in [0.2, 0.25) is 5.02 Å². The van der Waals surface area contributed by atoms with E-state index in [1.165, 1.54) is 11.0 Å². The average Bonchev–Trinajstić information content (AvgIpc) is 2.60. The van der Waals surface area contributed by atoms with E-state index < -0.39 is 11.8 Å². The van der Waals surface area contributed by atoms with Crippen LogP contribution < -0.4 is 15.0 Å². The van der Waals surface area contributed by atoms with Gasteiger partial charge in [0.2, 0.25) is 0 Å². The van der Waals surface area contributed by atoms with Gasteiger partial charge in [-0.3, -0.25) is 19.8 Å². The van der Waals surface area contributed by atoms with Gasteiger partial charge in [0, 0.05) is 5.02 Å². The summed E-state index contributed by atoms with van der Waals surface area (Å²) in [6.07, 6.45) is 1.51. The van der Waals surface area contributed by atoms with Crippen molar-refractivity contribution in [3.05, 3.63) is 64.7 Å². The Morgan fingerprint density at radius 3 is 2.32 bits per heavy atom. The van der Waals surface area contributed by atoms with Gasteiger partial charge in [-0.1, -0.05) is 23.7 Å². The first-order valence-electron chi connectivity index (χ1n) is 7.30. The molecule has 0 atom stereocenters. The third-order valence-corrected chi connectivity index (χ3v) is 4.15. The number of hydrogen-bond donors (Lipinski definition) is 1. The van der Waals surface area contributed by atoms with Crippen molar-refractivity contribution in [3.8, 4) is 5.75 Å². The van der Waals surface area contributed by atoms with Crippen molar-refractivity contribution in [1.29, 1.82) is 0 Å². The lowest BCUT2D eigenvalue weighted by Crippen LogP contribution is -2.54. The smallest absolute Gasteiger partial charge is 0.270 e. The molecule has 0 saturated carbocycles. The van der Waals surface area contributed by atoms with Crippen LogP contribution in [0.1, 0.15) is 5.56 Å². The van der Waals surface area contributed by atoms with Crippen LogP contribution in [0.3, 0.4) is 0 Å². The van der Waals surface area contributed by atoms with E-state index in [2.05, 4.69) is 5.32 Å². The Morgan fingerprint density at radius 1 is 1.08 bits per heavy atom. The first kappa shape index (κ1) is 17.1. The maximum atomic E-state index is 12.8. The van der Waals surface area contributed by atoms with E-state index >= 15 is 0 Å². The monoisotopic (exact) mass is 372 g/mol. The normalized spacial score (nSPS) is 16.2. The number of hydrogen-bond acceptors (Lipinski definition) is 4. The van der Waals surface area contributed by atoms with Gasteiger partial charge in [-0.15, -0.1) is 0 Å². The third kappa shape index (κ3) is 3.55. The number of methoxy groups -OCH3 is 1. The number of amides is 2. The lowest BCUT2D eigenvalue weighted by atomic mass is 10.1.